The summed E-state index contributed by atoms with van der Waals surface area (Å²) >= 11 is 0. The molecule has 11 nitrogen and oxygen atoms in total. The van der Waals surface area contributed by atoms with E-state index in [1.165, 1.54) is 18.2 Å². The van der Waals surface area contributed by atoms with Gasteiger partial charge in [0.05, 0.1) is 18.1 Å². The van der Waals surface area contributed by atoms with Gasteiger partial charge in [0, 0.05) is 36.2 Å². The standard InChI is InChI=1S/C30H35N5O6/c1-5-30(3,4)29(39)31-11-6-12-35-17-21(33-34-35)16-32-27(38)18-40-23-13-19(2)28-24(37)15-25(41-26(28)14-23)20-7-9-22(36)10-8-20/h7-10,13-15,17,36H,5-6,11-12,16,18H2,1-4H3,(H,31,39)(H,32,38). The predicted octanol–water partition coefficient (Wildman–Crippen LogP) is 3.70. The van der Waals surface area contributed by atoms with Crippen LogP contribution in [-0.2, 0) is 22.7 Å². The molecule has 3 N–H and O–H groups in total. The Bertz CT molecular complexity index is 1590. The topological polar surface area (TPSA) is 149 Å². The van der Waals surface area contributed by atoms with E-state index >= 15 is 0 Å². The lowest BCUT2D eigenvalue weighted by Gasteiger charge is -2.21. The molecule has 0 atom stereocenters. The van der Waals surface area contributed by atoms with Gasteiger partial charge in [0.15, 0.2) is 12.0 Å². The van der Waals surface area contributed by atoms with E-state index in [1.54, 1.807) is 42.1 Å². The molecule has 4 rings (SSSR count). The maximum absolute atomic E-state index is 12.8. The number of carbonyl (C=O) groups is 2. The van der Waals surface area contributed by atoms with Gasteiger partial charge in [-0.3, -0.25) is 19.1 Å². The Morgan fingerprint density at radius 1 is 1.12 bits per heavy atom. The van der Waals surface area contributed by atoms with Gasteiger partial charge in [-0.05, 0) is 55.7 Å². The Labute approximate surface area is 237 Å². The van der Waals surface area contributed by atoms with Crippen LogP contribution in [0.15, 0.2) is 57.9 Å². The van der Waals surface area contributed by atoms with Crippen molar-refractivity contribution in [2.24, 2.45) is 5.41 Å². The minimum absolute atomic E-state index is 0.0337. The van der Waals surface area contributed by atoms with E-state index in [4.69, 9.17) is 9.15 Å². The molecule has 0 aliphatic heterocycles. The van der Waals surface area contributed by atoms with Gasteiger partial charge in [-0.2, -0.15) is 0 Å². The van der Waals surface area contributed by atoms with E-state index in [9.17, 15) is 19.5 Å². The lowest BCUT2D eigenvalue weighted by atomic mass is 9.89. The number of nitrogens with one attached hydrogen (secondary N) is 2. The Morgan fingerprint density at radius 3 is 2.61 bits per heavy atom. The van der Waals surface area contributed by atoms with E-state index in [0.717, 1.165) is 6.42 Å². The van der Waals surface area contributed by atoms with Gasteiger partial charge in [-0.25, -0.2) is 0 Å². The van der Waals surface area contributed by atoms with Crippen molar-refractivity contribution in [2.45, 2.75) is 53.6 Å². The maximum atomic E-state index is 12.8. The molecule has 0 saturated heterocycles. The van der Waals surface area contributed by atoms with Crippen molar-refractivity contribution in [3.63, 3.8) is 0 Å². The number of aryl methyl sites for hydroxylation is 2. The summed E-state index contributed by atoms with van der Waals surface area (Å²) in [6.07, 6.45) is 3.22. The van der Waals surface area contributed by atoms with Gasteiger partial charge in [0.25, 0.3) is 5.91 Å². The third-order valence-corrected chi connectivity index (χ3v) is 6.92. The number of phenols is 1. The number of rotatable bonds is 12. The predicted molar refractivity (Wildman–Crippen MR) is 153 cm³/mol. The van der Waals surface area contributed by atoms with Gasteiger partial charge < -0.3 is 24.9 Å². The van der Waals surface area contributed by atoms with Gasteiger partial charge in [-0.1, -0.05) is 26.0 Å². The molecule has 41 heavy (non-hydrogen) atoms. The zero-order valence-electron chi connectivity index (χ0n) is 23.7. The summed E-state index contributed by atoms with van der Waals surface area (Å²) < 4.78 is 13.3. The minimum Gasteiger partial charge on any atom is -0.508 e. The summed E-state index contributed by atoms with van der Waals surface area (Å²) in [5.41, 5.74) is 1.65. The average Bonchev–Trinajstić information content (AvgIpc) is 3.40. The van der Waals surface area contributed by atoms with Crippen LogP contribution in [0, 0.1) is 12.3 Å². The fourth-order valence-corrected chi connectivity index (χ4v) is 4.07. The lowest BCUT2D eigenvalue weighted by molar-refractivity contribution is -0.129. The molecule has 0 saturated carbocycles. The third kappa shape index (κ3) is 7.50. The first-order valence-corrected chi connectivity index (χ1v) is 13.5. The van der Waals surface area contributed by atoms with Crippen molar-refractivity contribution in [1.29, 1.82) is 0 Å². The fourth-order valence-electron chi connectivity index (χ4n) is 4.07. The molecule has 0 fully saturated rings. The average molecular weight is 562 g/mol. The van der Waals surface area contributed by atoms with Gasteiger partial charge in [0.1, 0.15) is 28.5 Å². The number of fused-ring (bicyclic) bond motifs is 1. The normalized spacial score (nSPS) is 11.4. The number of nitrogens with zero attached hydrogens (tertiary/aromatic N) is 3. The summed E-state index contributed by atoms with van der Waals surface area (Å²) in [7, 11) is 0. The number of hydrogen-bond donors (Lipinski definition) is 3. The maximum Gasteiger partial charge on any atom is 0.258 e. The molecule has 2 heterocycles. The van der Waals surface area contributed by atoms with Crippen LogP contribution in [0.25, 0.3) is 22.3 Å². The summed E-state index contributed by atoms with van der Waals surface area (Å²) in [6.45, 7) is 8.68. The first kappa shape index (κ1) is 29.3. The molecular weight excluding hydrogens is 526 g/mol. The van der Waals surface area contributed by atoms with Crippen molar-refractivity contribution >= 4 is 22.8 Å². The Morgan fingerprint density at radius 2 is 1.88 bits per heavy atom. The van der Waals surface area contributed by atoms with E-state index in [2.05, 4.69) is 20.9 Å². The molecular formula is C30H35N5O6. The van der Waals surface area contributed by atoms with E-state index in [0.29, 0.717) is 58.8 Å². The monoisotopic (exact) mass is 561 g/mol. The van der Waals surface area contributed by atoms with Crippen LogP contribution >= 0.6 is 0 Å². The number of aromatic hydroxyl groups is 1. The molecule has 0 aliphatic rings. The number of aromatic nitrogens is 3. The summed E-state index contributed by atoms with van der Waals surface area (Å²) in [5.74, 6) is 0.538. The summed E-state index contributed by atoms with van der Waals surface area (Å²) in [5, 5.41) is 23.8. The summed E-state index contributed by atoms with van der Waals surface area (Å²) in [6, 6.07) is 11.0. The fraction of sp³-hybridized carbons (Fsp3) is 0.367. The zero-order chi connectivity index (χ0) is 29.6. The number of phenolic OH excluding ortho intramolecular Hbond substituents is 1. The molecule has 4 aromatic rings. The van der Waals surface area contributed by atoms with Crippen molar-refractivity contribution < 1.29 is 23.8 Å². The van der Waals surface area contributed by atoms with Crippen molar-refractivity contribution in [2.75, 3.05) is 13.2 Å². The number of amides is 2. The second kappa shape index (κ2) is 12.7. The molecule has 11 heteroatoms. The van der Waals surface area contributed by atoms with Crippen molar-refractivity contribution in [3.05, 3.63) is 70.1 Å². The van der Waals surface area contributed by atoms with Crippen molar-refractivity contribution in [1.82, 2.24) is 25.6 Å². The van der Waals surface area contributed by atoms with E-state index in [1.807, 2.05) is 20.8 Å². The highest BCUT2D eigenvalue weighted by Crippen LogP contribution is 2.28. The number of hydrogen-bond acceptors (Lipinski definition) is 8. The van der Waals surface area contributed by atoms with Crippen molar-refractivity contribution in [3.8, 4) is 22.8 Å². The first-order valence-electron chi connectivity index (χ1n) is 13.5. The molecule has 0 spiro atoms. The molecule has 0 unspecified atom stereocenters. The Kier molecular flexibility index (Phi) is 9.06. The van der Waals surface area contributed by atoms with E-state index in [-0.39, 0.29) is 41.6 Å². The lowest BCUT2D eigenvalue weighted by Crippen LogP contribution is -2.37. The quantitative estimate of drug-likeness (QED) is 0.222. The number of ether oxygens (including phenoxy) is 1. The highest BCUT2D eigenvalue weighted by molar-refractivity contribution is 5.84. The molecule has 0 radical (unpaired) electrons. The SMILES string of the molecule is CCC(C)(C)C(=O)NCCCn1cc(CNC(=O)COc2cc(C)c3c(=O)cc(-c4ccc(O)cc4)oc3c2)nn1. The Balaban J connectivity index is 1.28. The Hall–Kier alpha value is -4.67. The number of benzene rings is 2. The van der Waals surface area contributed by atoms with Crippen LogP contribution in [-0.4, -0.2) is 45.1 Å². The first-order chi connectivity index (χ1) is 19.6. The van der Waals surface area contributed by atoms with Crippen LogP contribution in [0.5, 0.6) is 11.5 Å². The molecule has 2 amide bonds. The number of carbonyl (C=O) groups excluding carboxylic acids is 2. The van der Waals surface area contributed by atoms with Crippen LogP contribution in [0.3, 0.4) is 0 Å². The smallest absolute Gasteiger partial charge is 0.258 e. The van der Waals surface area contributed by atoms with Crippen LogP contribution < -0.4 is 20.8 Å². The highest BCUT2D eigenvalue weighted by Gasteiger charge is 2.24. The largest absolute Gasteiger partial charge is 0.508 e. The third-order valence-electron chi connectivity index (χ3n) is 6.92. The molecule has 2 aromatic heterocycles. The summed E-state index contributed by atoms with van der Waals surface area (Å²) in [4.78, 5) is 37.3. The zero-order valence-corrected chi connectivity index (χ0v) is 23.7. The van der Waals surface area contributed by atoms with Gasteiger partial charge in [0.2, 0.25) is 5.91 Å². The highest BCUT2D eigenvalue weighted by atomic mass is 16.5. The molecule has 216 valence electrons. The van der Waals surface area contributed by atoms with E-state index < -0.39 is 0 Å². The van der Waals surface area contributed by atoms with Crippen LogP contribution in [0.1, 0.15) is 44.9 Å². The molecule has 0 bridgehead atoms. The second-order valence-corrected chi connectivity index (χ2v) is 10.5. The van der Waals surface area contributed by atoms with Gasteiger partial charge >= 0.3 is 0 Å². The molecule has 2 aromatic carbocycles. The van der Waals surface area contributed by atoms with Crippen LogP contribution in [0.4, 0.5) is 0 Å². The van der Waals surface area contributed by atoms with Gasteiger partial charge in [-0.15, -0.1) is 5.10 Å². The molecule has 0 aliphatic carbocycles. The second-order valence-electron chi connectivity index (χ2n) is 10.5. The van der Waals surface area contributed by atoms with Crippen LogP contribution in [0.2, 0.25) is 0 Å². The minimum atomic E-state index is -0.385.